The van der Waals surface area contributed by atoms with Gasteiger partial charge < -0.3 is 5.32 Å². The lowest BCUT2D eigenvalue weighted by atomic mass is 9.91. The highest BCUT2D eigenvalue weighted by molar-refractivity contribution is 5.96. The van der Waals surface area contributed by atoms with E-state index in [1.54, 1.807) is 0 Å². The van der Waals surface area contributed by atoms with E-state index in [1.165, 1.54) is 11.1 Å². The molecule has 0 saturated heterocycles. The molecule has 2 aromatic carbocycles. The molecule has 0 radical (unpaired) electrons. The van der Waals surface area contributed by atoms with Crippen LogP contribution in [0.2, 0.25) is 0 Å². The van der Waals surface area contributed by atoms with Crippen LogP contribution < -0.4 is 5.32 Å². The van der Waals surface area contributed by atoms with Gasteiger partial charge in [-0.3, -0.25) is 4.79 Å². The summed E-state index contributed by atoms with van der Waals surface area (Å²) < 4.78 is 0. The number of aldehydes is 1. The van der Waals surface area contributed by atoms with Crippen molar-refractivity contribution in [2.24, 2.45) is 0 Å². The minimum atomic E-state index is 0.747. The predicted molar refractivity (Wildman–Crippen MR) is 64.6 cm³/mol. The number of anilines is 1. The summed E-state index contributed by atoms with van der Waals surface area (Å²) in [4.78, 5) is 11.1. The maximum atomic E-state index is 11.1. The Labute approximate surface area is 93.9 Å². The topological polar surface area (TPSA) is 29.1 Å². The third-order valence-corrected chi connectivity index (χ3v) is 2.98. The highest BCUT2D eigenvalue weighted by Crippen LogP contribution is 2.37. The molecule has 0 aliphatic carbocycles. The number of carbonyl (C=O) groups excluding carboxylic acids is 1. The number of rotatable bonds is 1. The minimum absolute atomic E-state index is 0.747. The number of hydrogen-bond donors (Lipinski definition) is 1. The molecular weight excluding hydrogens is 198 g/mol. The first-order chi connectivity index (χ1) is 7.90. The van der Waals surface area contributed by atoms with Gasteiger partial charge in [-0.05, 0) is 17.2 Å². The molecule has 0 fully saturated rings. The van der Waals surface area contributed by atoms with Crippen molar-refractivity contribution in [2.45, 2.75) is 6.54 Å². The van der Waals surface area contributed by atoms with E-state index in [0.29, 0.717) is 0 Å². The van der Waals surface area contributed by atoms with Crippen LogP contribution in [0.25, 0.3) is 11.1 Å². The summed E-state index contributed by atoms with van der Waals surface area (Å²) in [5, 5.41) is 3.33. The van der Waals surface area contributed by atoms with Gasteiger partial charge in [-0.2, -0.15) is 0 Å². The van der Waals surface area contributed by atoms with Crippen molar-refractivity contribution in [3.05, 3.63) is 53.6 Å². The van der Waals surface area contributed by atoms with Crippen molar-refractivity contribution in [1.29, 1.82) is 0 Å². The normalized spacial score (nSPS) is 12.2. The highest BCUT2D eigenvalue weighted by atomic mass is 16.1. The van der Waals surface area contributed by atoms with Crippen LogP contribution in [0, 0.1) is 0 Å². The summed E-state index contributed by atoms with van der Waals surface area (Å²) in [6.07, 6.45) is 0.919. The van der Waals surface area contributed by atoms with Crippen molar-refractivity contribution < 1.29 is 4.79 Å². The number of fused-ring (bicyclic) bond motifs is 3. The highest BCUT2D eigenvalue weighted by Gasteiger charge is 2.17. The van der Waals surface area contributed by atoms with E-state index < -0.39 is 0 Å². The Bertz CT molecular complexity index is 560. The van der Waals surface area contributed by atoms with Gasteiger partial charge in [0.2, 0.25) is 0 Å². The second-order valence-corrected chi connectivity index (χ2v) is 3.90. The predicted octanol–water partition coefficient (Wildman–Crippen LogP) is 3.09. The molecule has 1 aliphatic heterocycles. The molecule has 2 heteroatoms. The molecule has 0 unspecified atom stereocenters. The van der Waals surface area contributed by atoms with Crippen LogP contribution in [0.15, 0.2) is 42.5 Å². The standard InChI is InChI=1S/C14H11NO/c16-9-11-5-3-7-13-14(11)12-6-2-1-4-10(12)8-15-13/h1-7,9,15H,8H2. The Kier molecular flexibility index (Phi) is 2.00. The Morgan fingerprint density at radius 1 is 1.06 bits per heavy atom. The Morgan fingerprint density at radius 3 is 2.81 bits per heavy atom. The molecule has 1 heterocycles. The van der Waals surface area contributed by atoms with Gasteiger partial charge in [-0.15, -0.1) is 0 Å². The van der Waals surface area contributed by atoms with Crippen LogP contribution in [-0.4, -0.2) is 6.29 Å². The van der Waals surface area contributed by atoms with Gasteiger partial charge in [0.15, 0.2) is 6.29 Å². The molecular formula is C14H11NO. The van der Waals surface area contributed by atoms with Crippen molar-refractivity contribution in [3.63, 3.8) is 0 Å². The van der Waals surface area contributed by atoms with Gasteiger partial charge in [0.1, 0.15) is 0 Å². The number of benzene rings is 2. The summed E-state index contributed by atoms with van der Waals surface area (Å²) in [7, 11) is 0. The van der Waals surface area contributed by atoms with Crippen LogP contribution >= 0.6 is 0 Å². The zero-order valence-electron chi connectivity index (χ0n) is 8.73. The molecule has 2 aromatic rings. The molecule has 0 aromatic heterocycles. The van der Waals surface area contributed by atoms with E-state index in [-0.39, 0.29) is 0 Å². The minimum Gasteiger partial charge on any atom is -0.380 e. The summed E-state index contributed by atoms with van der Waals surface area (Å²) in [6, 6.07) is 14.0. The van der Waals surface area contributed by atoms with Gasteiger partial charge in [0.05, 0.1) is 0 Å². The zero-order chi connectivity index (χ0) is 11.0. The quantitative estimate of drug-likeness (QED) is 0.731. The largest absolute Gasteiger partial charge is 0.380 e. The van der Waals surface area contributed by atoms with E-state index in [0.717, 1.165) is 29.6 Å². The Balaban J connectivity index is 2.34. The lowest BCUT2D eigenvalue weighted by Crippen LogP contribution is -2.09. The summed E-state index contributed by atoms with van der Waals surface area (Å²) in [6.45, 7) is 0.825. The lowest BCUT2D eigenvalue weighted by Gasteiger charge is -2.22. The van der Waals surface area contributed by atoms with E-state index in [9.17, 15) is 4.79 Å². The fourth-order valence-electron chi connectivity index (χ4n) is 2.23. The third kappa shape index (κ3) is 1.23. The van der Waals surface area contributed by atoms with Gasteiger partial charge in [0.25, 0.3) is 0 Å². The summed E-state index contributed by atoms with van der Waals surface area (Å²) in [5.74, 6) is 0. The maximum Gasteiger partial charge on any atom is 0.150 e. The van der Waals surface area contributed by atoms with E-state index in [2.05, 4.69) is 17.4 Å². The van der Waals surface area contributed by atoms with E-state index >= 15 is 0 Å². The average Bonchev–Trinajstić information content (AvgIpc) is 2.37. The molecule has 78 valence electrons. The van der Waals surface area contributed by atoms with Crippen LogP contribution in [-0.2, 0) is 6.54 Å². The van der Waals surface area contributed by atoms with Gasteiger partial charge in [-0.25, -0.2) is 0 Å². The Morgan fingerprint density at radius 2 is 1.94 bits per heavy atom. The molecule has 16 heavy (non-hydrogen) atoms. The second kappa shape index (κ2) is 3.49. The third-order valence-electron chi connectivity index (χ3n) is 2.98. The molecule has 1 aliphatic rings. The zero-order valence-corrected chi connectivity index (χ0v) is 8.73. The van der Waals surface area contributed by atoms with Crippen LogP contribution in [0.5, 0.6) is 0 Å². The first-order valence-electron chi connectivity index (χ1n) is 5.30. The van der Waals surface area contributed by atoms with Crippen LogP contribution in [0.3, 0.4) is 0 Å². The fraction of sp³-hybridized carbons (Fsp3) is 0.0714. The number of nitrogens with one attached hydrogen (secondary N) is 1. The summed E-state index contributed by atoms with van der Waals surface area (Å²) >= 11 is 0. The van der Waals surface area contributed by atoms with Crippen LogP contribution in [0.4, 0.5) is 5.69 Å². The van der Waals surface area contributed by atoms with Crippen molar-refractivity contribution >= 4 is 12.0 Å². The van der Waals surface area contributed by atoms with Gasteiger partial charge in [-0.1, -0.05) is 36.4 Å². The Hall–Kier alpha value is -2.09. The molecule has 0 bridgehead atoms. The molecule has 0 atom stereocenters. The van der Waals surface area contributed by atoms with Crippen molar-refractivity contribution in [3.8, 4) is 11.1 Å². The first-order valence-corrected chi connectivity index (χ1v) is 5.30. The molecule has 0 amide bonds. The summed E-state index contributed by atoms with van der Waals surface area (Å²) in [5.41, 5.74) is 5.23. The SMILES string of the molecule is O=Cc1cccc2c1-c1ccccc1CN2. The lowest BCUT2D eigenvalue weighted by molar-refractivity contribution is 0.112. The molecule has 0 saturated carbocycles. The average molecular weight is 209 g/mol. The molecule has 1 N–H and O–H groups in total. The monoisotopic (exact) mass is 209 g/mol. The van der Waals surface area contributed by atoms with E-state index in [1.807, 2.05) is 30.3 Å². The fourth-order valence-corrected chi connectivity index (χ4v) is 2.23. The molecule has 3 rings (SSSR count). The van der Waals surface area contributed by atoms with Gasteiger partial charge in [0, 0.05) is 23.4 Å². The second-order valence-electron chi connectivity index (χ2n) is 3.90. The first kappa shape index (κ1) is 9.16. The smallest absolute Gasteiger partial charge is 0.150 e. The van der Waals surface area contributed by atoms with Crippen molar-refractivity contribution in [1.82, 2.24) is 0 Å². The maximum absolute atomic E-state index is 11.1. The van der Waals surface area contributed by atoms with Crippen molar-refractivity contribution in [2.75, 3.05) is 5.32 Å². The number of hydrogen-bond acceptors (Lipinski definition) is 2. The van der Waals surface area contributed by atoms with E-state index in [4.69, 9.17) is 0 Å². The number of carbonyl (C=O) groups is 1. The van der Waals surface area contributed by atoms with Gasteiger partial charge >= 0.3 is 0 Å². The molecule has 0 spiro atoms. The molecule has 2 nitrogen and oxygen atoms in total. The van der Waals surface area contributed by atoms with Crippen LogP contribution in [0.1, 0.15) is 15.9 Å².